The van der Waals surface area contributed by atoms with Crippen LogP contribution in [0.4, 0.5) is 0 Å². The summed E-state index contributed by atoms with van der Waals surface area (Å²) in [6, 6.07) is 12.0. The Kier molecular flexibility index (Phi) is 5.18. The van der Waals surface area contributed by atoms with Crippen LogP contribution in [-0.4, -0.2) is 31.0 Å². The molecule has 1 aromatic heterocycles. The molecule has 1 aliphatic rings. The standard InChI is InChI=1S/C18H23N3O2S/c1-12-4-9-15(24-12)11-21(2)18(22)17-10-16(19-20-17)13-5-7-14(23-3)8-6-13/h4-9,16-17,19-20H,10-11H2,1-3H3. The quantitative estimate of drug-likeness (QED) is 0.875. The number of nitrogens with one attached hydrogen (secondary N) is 2. The monoisotopic (exact) mass is 345 g/mol. The number of thiophene rings is 1. The van der Waals surface area contributed by atoms with Gasteiger partial charge < -0.3 is 9.64 Å². The summed E-state index contributed by atoms with van der Waals surface area (Å²) in [5, 5.41) is 0. The average Bonchev–Trinajstić information content (AvgIpc) is 3.23. The minimum atomic E-state index is -0.205. The fourth-order valence-corrected chi connectivity index (χ4v) is 3.86. The molecule has 0 spiro atoms. The molecule has 1 fully saturated rings. The fraction of sp³-hybridized carbons (Fsp3) is 0.389. The van der Waals surface area contributed by atoms with Crippen molar-refractivity contribution < 1.29 is 9.53 Å². The van der Waals surface area contributed by atoms with Gasteiger partial charge in [0.2, 0.25) is 5.91 Å². The van der Waals surface area contributed by atoms with Crippen molar-refractivity contribution in [2.45, 2.75) is 32.0 Å². The van der Waals surface area contributed by atoms with Crippen LogP contribution in [0.5, 0.6) is 5.75 Å². The third kappa shape index (κ3) is 3.77. The largest absolute Gasteiger partial charge is 0.497 e. The van der Waals surface area contributed by atoms with Crippen LogP contribution in [0.1, 0.15) is 27.8 Å². The molecule has 2 N–H and O–H groups in total. The highest BCUT2D eigenvalue weighted by Gasteiger charge is 2.31. The summed E-state index contributed by atoms with van der Waals surface area (Å²) in [4.78, 5) is 16.9. The lowest BCUT2D eigenvalue weighted by Crippen LogP contribution is -2.43. The third-order valence-corrected chi connectivity index (χ3v) is 5.27. The van der Waals surface area contributed by atoms with Crippen molar-refractivity contribution in [1.82, 2.24) is 15.8 Å². The van der Waals surface area contributed by atoms with E-state index >= 15 is 0 Å². The molecule has 1 aromatic carbocycles. The molecule has 5 nitrogen and oxygen atoms in total. The Morgan fingerprint density at radius 3 is 2.62 bits per heavy atom. The zero-order chi connectivity index (χ0) is 17.1. The van der Waals surface area contributed by atoms with Crippen LogP contribution in [0.25, 0.3) is 0 Å². The van der Waals surface area contributed by atoms with Crippen molar-refractivity contribution in [3.8, 4) is 5.75 Å². The number of nitrogens with zero attached hydrogens (tertiary/aromatic N) is 1. The number of methoxy groups -OCH3 is 1. The molecule has 0 bridgehead atoms. The van der Waals surface area contributed by atoms with Crippen molar-refractivity contribution in [3.63, 3.8) is 0 Å². The molecule has 1 saturated heterocycles. The van der Waals surface area contributed by atoms with Crippen molar-refractivity contribution in [2.75, 3.05) is 14.2 Å². The van der Waals surface area contributed by atoms with E-state index < -0.39 is 0 Å². The Bertz CT molecular complexity index is 699. The van der Waals surface area contributed by atoms with Gasteiger partial charge in [-0.2, -0.15) is 0 Å². The number of ether oxygens (including phenoxy) is 1. The highest BCUT2D eigenvalue weighted by molar-refractivity contribution is 7.11. The van der Waals surface area contributed by atoms with Crippen molar-refractivity contribution in [3.05, 3.63) is 51.7 Å². The number of likely N-dealkylation sites (N-methyl/N-ethyl adjacent to an activating group) is 1. The van der Waals surface area contributed by atoms with Gasteiger partial charge in [-0.05, 0) is 43.2 Å². The molecule has 24 heavy (non-hydrogen) atoms. The first-order valence-electron chi connectivity index (χ1n) is 8.02. The number of carbonyl (C=O) groups excluding carboxylic acids is 1. The lowest BCUT2D eigenvalue weighted by Gasteiger charge is -2.20. The third-order valence-electron chi connectivity index (χ3n) is 4.28. The molecule has 2 unspecified atom stereocenters. The SMILES string of the molecule is COc1ccc(C2CC(C(=O)N(C)Cc3ccc(C)s3)NN2)cc1. The lowest BCUT2D eigenvalue weighted by molar-refractivity contribution is -0.132. The molecule has 128 valence electrons. The minimum Gasteiger partial charge on any atom is -0.497 e. The Labute approximate surface area is 146 Å². The minimum absolute atomic E-state index is 0.115. The molecule has 2 aromatic rings. The van der Waals surface area contributed by atoms with Crippen LogP contribution in [0, 0.1) is 6.92 Å². The normalized spacial score (nSPS) is 20.1. The number of rotatable bonds is 5. The van der Waals surface area contributed by atoms with Gasteiger partial charge in [0.05, 0.1) is 13.7 Å². The van der Waals surface area contributed by atoms with Gasteiger partial charge in [-0.1, -0.05) is 12.1 Å². The lowest BCUT2D eigenvalue weighted by atomic mass is 10.0. The maximum Gasteiger partial charge on any atom is 0.241 e. The first kappa shape index (κ1) is 17.0. The Balaban J connectivity index is 1.58. The summed E-state index contributed by atoms with van der Waals surface area (Å²) in [5.74, 6) is 0.952. The zero-order valence-electron chi connectivity index (χ0n) is 14.2. The number of amides is 1. The van der Waals surface area contributed by atoms with Gasteiger partial charge in [-0.3, -0.25) is 4.79 Å². The van der Waals surface area contributed by atoms with E-state index in [1.807, 2.05) is 31.3 Å². The van der Waals surface area contributed by atoms with Crippen molar-refractivity contribution >= 4 is 17.2 Å². The molecule has 1 aliphatic heterocycles. The van der Waals surface area contributed by atoms with Gasteiger partial charge in [0.15, 0.2) is 0 Å². The molecule has 2 atom stereocenters. The van der Waals surface area contributed by atoms with Crippen LogP contribution < -0.4 is 15.6 Å². The Morgan fingerprint density at radius 2 is 2.00 bits per heavy atom. The second kappa shape index (κ2) is 7.34. The second-order valence-corrected chi connectivity index (χ2v) is 7.48. The first-order chi connectivity index (χ1) is 11.6. The number of hydrogen-bond donors (Lipinski definition) is 2. The van der Waals surface area contributed by atoms with Crippen LogP contribution in [-0.2, 0) is 11.3 Å². The summed E-state index contributed by atoms with van der Waals surface area (Å²) in [6.07, 6.45) is 0.735. The molecule has 0 aliphatic carbocycles. The molecule has 0 radical (unpaired) electrons. The first-order valence-corrected chi connectivity index (χ1v) is 8.84. The predicted molar refractivity (Wildman–Crippen MR) is 95.9 cm³/mol. The van der Waals surface area contributed by atoms with Crippen LogP contribution >= 0.6 is 11.3 Å². The smallest absolute Gasteiger partial charge is 0.241 e. The summed E-state index contributed by atoms with van der Waals surface area (Å²) >= 11 is 1.74. The van der Waals surface area contributed by atoms with Gasteiger partial charge in [0.1, 0.15) is 11.8 Å². The highest BCUT2D eigenvalue weighted by Crippen LogP contribution is 2.25. The van der Waals surface area contributed by atoms with E-state index in [-0.39, 0.29) is 18.0 Å². The number of carbonyl (C=O) groups is 1. The zero-order valence-corrected chi connectivity index (χ0v) is 15.0. The molecule has 2 heterocycles. The average molecular weight is 345 g/mol. The van der Waals surface area contributed by atoms with Crippen molar-refractivity contribution in [2.24, 2.45) is 0 Å². The van der Waals surface area contributed by atoms with Gasteiger partial charge in [-0.15, -0.1) is 11.3 Å². The molecule has 3 rings (SSSR count). The van der Waals surface area contributed by atoms with E-state index in [9.17, 15) is 4.79 Å². The van der Waals surface area contributed by atoms with E-state index in [1.54, 1.807) is 23.3 Å². The second-order valence-electron chi connectivity index (χ2n) is 6.11. The van der Waals surface area contributed by atoms with Crippen LogP contribution in [0.2, 0.25) is 0 Å². The van der Waals surface area contributed by atoms with Gasteiger partial charge in [0, 0.05) is 22.8 Å². The maximum absolute atomic E-state index is 12.6. The fourth-order valence-electron chi connectivity index (χ4n) is 2.92. The molecule has 6 heteroatoms. The maximum atomic E-state index is 12.6. The topological polar surface area (TPSA) is 53.6 Å². The number of benzene rings is 1. The number of hydrazine groups is 1. The highest BCUT2D eigenvalue weighted by atomic mass is 32.1. The summed E-state index contributed by atoms with van der Waals surface area (Å²) in [5.41, 5.74) is 7.51. The van der Waals surface area contributed by atoms with E-state index in [4.69, 9.17) is 4.74 Å². The molecule has 0 saturated carbocycles. The van der Waals surface area contributed by atoms with Crippen molar-refractivity contribution in [1.29, 1.82) is 0 Å². The number of aryl methyl sites for hydroxylation is 1. The predicted octanol–water partition coefficient (Wildman–Crippen LogP) is 2.63. The van der Waals surface area contributed by atoms with E-state index in [0.717, 1.165) is 17.7 Å². The Hall–Kier alpha value is -1.89. The van der Waals surface area contributed by atoms with E-state index in [0.29, 0.717) is 6.54 Å². The Morgan fingerprint density at radius 1 is 1.25 bits per heavy atom. The summed E-state index contributed by atoms with van der Waals surface area (Å²) < 4.78 is 5.19. The van der Waals surface area contributed by atoms with E-state index in [1.165, 1.54) is 9.75 Å². The van der Waals surface area contributed by atoms with E-state index in [2.05, 4.69) is 29.9 Å². The van der Waals surface area contributed by atoms with Gasteiger partial charge in [-0.25, -0.2) is 10.9 Å². The van der Waals surface area contributed by atoms with Crippen LogP contribution in [0.15, 0.2) is 36.4 Å². The van der Waals surface area contributed by atoms with Crippen LogP contribution in [0.3, 0.4) is 0 Å². The molecular formula is C18H23N3O2S. The van der Waals surface area contributed by atoms with Gasteiger partial charge in [0.25, 0.3) is 0 Å². The summed E-state index contributed by atoms with van der Waals surface area (Å²) in [7, 11) is 3.52. The summed E-state index contributed by atoms with van der Waals surface area (Å²) in [6.45, 7) is 2.74. The molecule has 1 amide bonds. The van der Waals surface area contributed by atoms with Gasteiger partial charge >= 0.3 is 0 Å². The number of hydrogen-bond acceptors (Lipinski definition) is 5. The molecular weight excluding hydrogens is 322 g/mol.